The third-order valence-corrected chi connectivity index (χ3v) is 4.89. The Hall–Kier alpha value is -0.780. The number of halogens is 2. The molecule has 0 bridgehead atoms. The highest BCUT2D eigenvalue weighted by molar-refractivity contribution is 7.86. The number of nitrogens with one attached hydrogen (secondary N) is 1. The molecule has 2 atom stereocenters. The van der Waals surface area contributed by atoms with E-state index in [0.29, 0.717) is 17.1 Å². The van der Waals surface area contributed by atoms with Crippen LogP contribution in [0.25, 0.3) is 0 Å². The zero-order chi connectivity index (χ0) is 14.6. The fourth-order valence-corrected chi connectivity index (χ4v) is 3.09. The highest BCUT2D eigenvalue weighted by atomic mass is 35.5. The van der Waals surface area contributed by atoms with Gasteiger partial charge in [-0.2, -0.15) is 0 Å². The minimum absolute atomic E-state index is 0.256. The summed E-state index contributed by atoms with van der Waals surface area (Å²) in [5.74, 6) is 0.109. The van der Waals surface area contributed by atoms with Crippen molar-refractivity contribution < 1.29 is 9.00 Å². The highest BCUT2D eigenvalue weighted by Gasteiger charge is 2.21. The summed E-state index contributed by atoms with van der Waals surface area (Å²) in [6.07, 6.45) is 0.758. The highest BCUT2D eigenvalue weighted by Crippen LogP contribution is 2.32. The Morgan fingerprint density at radius 2 is 1.95 bits per heavy atom. The molecule has 7 heteroatoms. The van der Waals surface area contributed by atoms with E-state index in [-0.39, 0.29) is 16.0 Å². The lowest BCUT2D eigenvalue weighted by Crippen LogP contribution is -2.30. The molecule has 3 N–H and O–H groups in total. The number of carbonyl (C=O) groups excluding carboxylic acids is 1. The number of hydrogen-bond donors (Lipinski definition) is 2. The van der Waals surface area contributed by atoms with Crippen LogP contribution in [0.3, 0.4) is 0 Å². The van der Waals surface area contributed by atoms with E-state index < -0.39 is 16.0 Å². The molecule has 0 saturated carbocycles. The molecule has 0 radical (unpaired) electrons. The summed E-state index contributed by atoms with van der Waals surface area (Å²) in [6.45, 7) is 3.52. The van der Waals surface area contributed by atoms with Crippen LogP contribution in [0.4, 0.5) is 11.4 Å². The molecule has 1 aromatic rings. The summed E-state index contributed by atoms with van der Waals surface area (Å²) in [5.41, 5.74) is 6.28. The molecule has 0 aliphatic heterocycles. The first-order valence-corrected chi connectivity index (χ1v) is 7.93. The van der Waals surface area contributed by atoms with Gasteiger partial charge in [-0.25, -0.2) is 0 Å². The SMILES string of the molecule is CCCS(=O)C(C)C(=O)Nc1c(Cl)cc(N)cc1Cl. The van der Waals surface area contributed by atoms with Gasteiger partial charge >= 0.3 is 0 Å². The van der Waals surface area contributed by atoms with Crippen LogP contribution in [0, 0.1) is 0 Å². The third-order valence-electron chi connectivity index (χ3n) is 2.48. The van der Waals surface area contributed by atoms with E-state index in [9.17, 15) is 9.00 Å². The second-order valence-corrected chi connectivity index (χ2v) is 6.77. The van der Waals surface area contributed by atoms with Gasteiger partial charge in [0.25, 0.3) is 0 Å². The summed E-state index contributed by atoms with van der Waals surface area (Å²) in [6, 6.07) is 2.99. The molecule has 1 amide bonds. The average molecular weight is 323 g/mol. The molecule has 19 heavy (non-hydrogen) atoms. The van der Waals surface area contributed by atoms with Crippen LogP contribution in [0.1, 0.15) is 20.3 Å². The molecule has 1 rings (SSSR count). The largest absolute Gasteiger partial charge is 0.399 e. The van der Waals surface area contributed by atoms with E-state index in [0.717, 1.165) is 6.42 Å². The van der Waals surface area contributed by atoms with E-state index in [2.05, 4.69) is 5.32 Å². The van der Waals surface area contributed by atoms with E-state index in [4.69, 9.17) is 28.9 Å². The predicted molar refractivity (Wildman–Crippen MR) is 82.3 cm³/mol. The number of amides is 1. The number of benzene rings is 1. The maximum Gasteiger partial charge on any atom is 0.239 e. The van der Waals surface area contributed by atoms with Crippen LogP contribution < -0.4 is 11.1 Å². The molecule has 0 aliphatic rings. The average Bonchev–Trinajstić information content (AvgIpc) is 2.32. The van der Waals surface area contributed by atoms with Crippen LogP contribution >= 0.6 is 23.2 Å². The van der Waals surface area contributed by atoms with E-state index in [1.807, 2.05) is 6.92 Å². The number of hydrogen-bond acceptors (Lipinski definition) is 3. The van der Waals surface area contributed by atoms with Gasteiger partial charge in [0.1, 0.15) is 5.25 Å². The Labute approximate surface area is 125 Å². The number of anilines is 2. The third kappa shape index (κ3) is 4.37. The fourth-order valence-electron chi connectivity index (χ4n) is 1.43. The molecule has 1 aromatic carbocycles. The molecule has 0 saturated heterocycles. The van der Waals surface area contributed by atoms with Crippen LogP contribution in [-0.2, 0) is 15.6 Å². The molecule has 4 nitrogen and oxygen atoms in total. The molecule has 0 aromatic heterocycles. The first-order valence-electron chi connectivity index (χ1n) is 5.79. The second-order valence-electron chi connectivity index (χ2n) is 4.08. The van der Waals surface area contributed by atoms with Crippen LogP contribution in [0.5, 0.6) is 0 Å². The van der Waals surface area contributed by atoms with Crippen molar-refractivity contribution >= 4 is 51.3 Å². The van der Waals surface area contributed by atoms with Gasteiger partial charge in [-0.05, 0) is 25.5 Å². The molecule has 106 valence electrons. The molecular weight excluding hydrogens is 307 g/mol. The first-order chi connectivity index (χ1) is 8.86. The smallest absolute Gasteiger partial charge is 0.239 e. The summed E-state index contributed by atoms with van der Waals surface area (Å²) < 4.78 is 11.8. The summed E-state index contributed by atoms with van der Waals surface area (Å²) in [7, 11) is -1.21. The van der Waals surface area contributed by atoms with E-state index in [1.54, 1.807) is 6.92 Å². The fraction of sp³-hybridized carbons (Fsp3) is 0.417. The molecule has 0 aliphatic carbocycles. The number of carbonyl (C=O) groups is 1. The lowest BCUT2D eigenvalue weighted by molar-refractivity contribution is -0.115. The maximum atomic E-state index is 12.0. The maximum absolute atomic E-state index is 12.0. The summed E-state index contributed by atoms with van der Waals surface area (Å²) in [4.78, 5) is 12.0. The van der Waals surface area contributed by atoms with Gasteiger partial charge in [0, 0.05) is 22.2 Å². The van der Waals surface area contributed by atoms with Gasteiger partial charge in [-0.15, -0.1) is 0 Å². The van der Waals surface area contributed by atoms with Crippen molar-refractivity contribution in [3.8, 4) is 0 Å². The standard InChI is InChI=1S/C12H16Cl2N2O2S/c1-3-4-19(18)7(2)12(17)16-11-9(13)5-8(15)6-10(11)14/h5-7H,3-4,15H2,1-2H3,(H,16,17). The molecule has 0 fully saturated rings. The Morgan fingerprint density at radius 1 is 1.42 bits per heavy atom. The van der Waals surface area contributed by atoms with Gasteiger partial charge in [0.05, 0.1) is 15.7 Å². The van der Waals surface area contributed by atoms with Gasteiger partial charge in [0.2, 0.25) is 5.91 Å². The van der Waals surface area contributed by atoms with Crippen molar-refractivity contribution in [2.24, 2.45) is 0 Å². The Balaban J connectivity index is 2.86. The van der Waals surface area contributed by atoms with Gasteiger partial charge in [0.15, 0.2) is 0 Å². The van der Waals surface area contributed by atoms with Gasteiger partial charge in [-0.1, -0.05) is 30.1 Å². The van der Waals surface area contributed by atoms with Gasteiger partial charge in [-0.3, -0.25) is 9.00 Å². The monoisotopic (exact) mass is 322 g/mol. The summed E-state index contributed by atoms with van der Waals surface area (Å²) >= 11 is 11.9. The van der Waals surface area contributed by atoms with E-state index >= 15 is 0 Å². The van der Waals surface area contributed by atoms with Crippen molar-refractivity contribution in [1.82, 2.24) is 0 Å². The molecular formula is C12H16Cl2N2O2S. The van der Waals surface area contributed by atoms with Crippen molar-refractivity contribution in [2.75, 3.05) is 16.8 Å². The van der Waals surface area contributed by atoms with Gasteiger partial charge < -0.3 is 11.1 Å². The van der Waals surface area contributed by atoms with Crippen molar-refractivity contribution in [3.63, 3.8) is 0 Å². The second kappa shape index (κ2) is 7.12. The number of nitrogen functional groups attached to an aromatic ring is 1. The number of nitrogens with two attached hydrogens (primary N) is 1. The van der Waals surface area contributed by atoms with Crippen LogP contribution in [0.2, 0.25) is 10.0 Å². The Kier molecular flexibility index (Phi) is 6.10. The molecule has 0 heterocycles. The first kappa shape index (κ1) is 16.3. The van der Waals surface area contributed by atoms with Crippen molar-refractivity contribution in [3.05, 3.63) is 22.2 Å². The Bertz CT molecular complexity index is 485. The minimum Gasteiger partial charge on any atom is -0.399 e. The lowest BCUT2D eigenvalue weighted by atomic mass is 10.2. The number of rotatable bonds is 5. The molecule has 2 unspecified atom stereocenters. The quantitative estimate of drug-likeness (QED) is 0.818. The van der Waals surface area contributed by atoms with Crippen molar-refractivity contribution in [2.45, 2.75) is 25.5 Å². The normalized spacial score (nSPS) is 13.9. The summed E-state index contributed by atoms with van der Waals surface area (Å²) in [5, 5.41) is 2.49. The Morgan fingerprint density at radius 3 is 2.42 bits per heavy atom. The zero-order valence-corrected chi connectivity index (χ0v) is 13.0. The van der Waals surface area contributed by atoms with E-state index in [1.165, 1.54) is 12.1 Å². The topological polar surface area (TPSA) is 72.2 Å². The lowest BCUT2D eigenvalue weighted by Gasteiger charge is -2.14. The van der Waals surface area contributed by atoms with Crippen molar-refractivity contribution in [1.29, 1.82) is 0 Å². The minimum atomic E-state index is -1.21. The predicted octanol–water partition coefficient (Wildman–Crippen LogP) is 3.06. The molecule has 0 spiro atoms. The van der Waals surface area contributed by atoms with Crippen LogP contribution in [-0.4, -0.2) is 21.1 Å². The zero-order valence-electron chi connectivity index (χ0n) is 10.7. The van der Waals surface area contributed by atoms with Crippen LogP contribution in [0.15, 0.2) is 12.1 Å².